The molecule has 2 heterocycles. The molecular weight excluding hydrogens is 433 g/mol. The Hall–Kier alpha value is -3.37. The van der Waals surface area contributed by atoms with Crippen molar-refractivity contribution in [3.05, 3.63) is 60.5 Å². The van der Waals surface area contributed by atoms with E-state index in [1.165, 1.54) is 18.2 Å². The van der Waals surface area contributed by atoms with Crippen LogP contribution in [-0.2, 0) is 4.74 Å². The Kier molecular flexibility index (Phi) is 6.72. The summed E-state index contributed by atoms with van der Waals surface area (Å²) in [7, 11) is 1.59. The van der Waals surface area contributed by atoms with Gasteiger partial charge in [0.15, 0.2) is 17.4 Å². The summed E-state index contributed by atoms with van der Waals surface area (Å²) in [5, 5.41) is 2.72. The van der Waals surface area contributed by atoms with Gasteiger partial charge in [0.2, 0.25) is 0 Å². The van der Waals surface area contributed by atoms with Crippen molar-refractivity contribution < 1.29 is 18.7 Å². The van der Waals surface area contributed by atoms with Gasteiger partial charge in [-0.25, -0.2) is 23.5 Å². The van der Waals surface area contributed by atoms with E-state index < -0.39 is 11.8 Å². The number of nitrogens with one attached hydrogen (secondary N) is 1. The summed E-state index contributed by atoms with van der Waals surface area (Å²) in [6, 6.07) is 12.2. The van der Waals surface area contributed by atoms with Crippen LogP contribution in [0.15, 0.2) is 54.7 Å². The van der Waals surface area contributed by atoms with Gasteiger partial charge >= 0.3 is 6.03 Å². The van der Waals surface area contributed by atoms with E-state index in [9.17, 15) is 9.18 Å². The second-order valence-electron chi connectivity index (χ2n) is 6.98. The van der Waals surface area contributed by atoms with Crippen molar-refractivity contribution in [3.8, 4) is 17.1 Å². The number of thiol groups is 1. The number of carbonyl (C=O) groups is 1. The van der Waals surface area contributed by atoms with Crippen molar-refractivity contribution >= 4 is 36.0 Å². The Labute approximate surface area is 190 Å². The number of hydrogen-bond acceptors (Lipinski definition) is 7. The molecule has 0 atom stereocenters. The molecule has 3 aromatic rings. The molecule has 1 aromatic heterocycles. The van der Waals surface area contributed by atoms with Gasteiger partial charge in [0.05, 0.1) is 32.2 Å². The number of aromatic nitrogens is 2. The Bertz CT molecular complexity index is 1090. The number of urea groups is 1. The summed E-state index contributed by atoms with van der Waals surface area (Å²) in [6.45, 7) is 2.72. The lowest BCUT2D eigenvalue weighted by Crippen LogP contribution is -2.37. The number of ether oxygens (including phenoxy) is 2. The van der Waals surface area contributed by atoms with Crippen LogP contribution in [0.4, 0.5) is 26.4 Å². The number of benzene rings is 2. The first-order valence-electron chi connectivity index (χ1n) is 9.95. The Balaban J connectivity index is 1.49. The van der Waals surface area contributed by atoms with E-state index in [0.717, 1.165) is 28.8 Å². The molecule has 8 nitrogen and oxygen atoms in total. The fraction of sp³-hybridized carbons (Fsp3) is 0.227. The Morgan fingerprint density at radius 1 is 1.22 bits per heavy atom. The third-order valence-electron chi connectivity index (χ3n) is 4.91. The zero-order valence-electron chi connectivity index (χ0n) is 17.4. The molecule has 1 saturated heterocycles. The number of anilines is 3. The maximum absolute atomic E-state index is 13.4. The molecule has 2 amide bonds. The van der Waals surface area contributed by atoms with Crippen LogP contribution in [-0.4, -0.2) is 49.4 Å². The summed E-state index contributed by atoms with van der Waals surface area (Å²) in [4.78, 5) is 23.6. The van der Waals surface area contributed by atoms with Gasteiger partial charge < -0.3 is 19.7 Å². The third-order valence-corrected chi connectivity index (χ3v) is 5.32. The van der Waals surface area contributed by atoms with Crippen molar-refractivity contribution in [3.63, 3.8) is 0 Å². The lowest BCUT2D eigenvalue weighted by Gasteiger charge is -2.28. The predicted octanol–water partition coefficient (Wildman–Crippen LogP) is 4.01. The average Bonchev–Trinajstić information content (AvgIpc) is 2.84. The quantitative estimate of drug-likeness (QED) is 0.566. The minimum atomic E-state index is -0.512. The normalized spacial score (nSPS) is 13.5. The fourth-order valence-electron chi connectivity index (χ4n) is 3.25. The first kappa shape index (κ1) is 21.8. The highest BCUT2D eigenvalue weighted by molar-refractivity contribution is 7.82. The highest BCUT2D eigenvalue weighted by atomic mass is 32.1. The second kappa shape index (κ2) is 9.84. The topological polar surface area (TPSA) is 79.8 Å². The van der Waals surface area contributed by atoms with Gasteiger partial charge in [-0.1, -0.05) is 18.9 Å². The molecule has 0 spiro atoms. The molecule has 1 N–H and O–H groups in total. The van der Waals surface area contributed by atoms with Gasteiger partial charge in [-0.2, -0.15) is 0 Å². The van der Waals surface area contributed by atoms with E-state index in [0.29, 0.717) is 36.2 Å². The largest absolute Gasteiger partial charge is 0.491 e. The molecule has 4 rings (SSSR count). The maximum Gasteiger partial charge on any atom is 0.336 e. The van der Waals surface area contributed by atoms with Crippen LogP contribution in [0.5, 0.6) is 5.75 Å². The first-order valence-corrected chi connectivity index (χ1v) is 10.3. The van der Waals surface area contributed by atoms with E-state index in [2.05, 4.69) is 28.0 Å². The summed E-state index contributed by atoms with van der Waals surface area (Å²) >= 11 is 4.16. The molecule has 1 aliphatic heterocycles. The van der Waals surface area contributed by atoms with Crippen LogP contribution in [0, 0.1) is 5.82 Å². The van der Waals surface area contributed by atoms with Crippen molar-refractivity contribution in [1.29, 1.82) is 0 Å². The van der Waals surface area contributed by atoms with Gasteiger partial charge in [0.1, 0.15) is 5.82 Å². The van der Waals surface area contributed by atoms with Gasteiger partial charge in [0, 0.05) is 24.3 Å². The molecule has 166 valence electrons. The van der Waals surface area contributed by atoms with Gasteiger partial charge in [-0.05, 0) is 42.5 Å². The fourth-order valence-corrected chi connectivity index (χ4v) is 3.43. The molecule has 0 aliphatic carbocycles. The van der Waals surface area contributed by atoms with Crippen molar-refractivity contribution in [1.82, 2.24) is 9.97 Å². The number of halogens is 1. The van der Waals surface area contributed by atoms with Gasteiger partial charge in [-0.15, -0.1) is 0 Å². The minimum absolute atomic E-state index is 0.324. The lowest BCUT2D eigenvalue weighted by atomic mass is 10.2. The summed E-state index contributed by atoms with van der Waals surface area (Å²) in [6.07, 6.45) is 1.65. The van der Waals surface area contributed by atoms with Crippen LogP contribution in [0.25, 0.3) is 11.4 Å². The highest BCUT2D eigenvalue weighted by Crippen LogP contribution is 2.29. The number of hydrogen-bond donors (Lipinski definition) is 2. The van der Waals surface area contributed by atoms with E-state index in [1.807, 2.05) is 12.1 Å². The Morgan fingerprint density at radius 2 is 1.97 bits per heavy atom. The number of nitrogens with zero attached hydrogens (tertiary/aromatic N) is 4. The van der Waals surface area contributed by atoms with E-state index in [1.54, 1.807) is 31.5 Å². The number of methoxy groups -OCH3 is 1. The molecule has 0 bridgehead atoms. The molecule has 2 aromatic carbocycles. The first-order chi connectivity index (χ1) is 15.5. The lowest BCUT2D eigenvalue weighted by molar-refractivity contribution is 0.122. The highest BCUT2D eigenvalue weighted by Gasteiger charge is 2.19. The van der Waals surface area contributed by atoms with Crippen molar-refractivity contribution in [2.45, 2.75) is 0 Å². The predicted molar refractivity (Wildman–Crippen MR) is 124 cm³/mol. The summed E-state index contributed by atoms with van der Waals surface area (Å²) in [5.41, 5.74) is 1.66. The maximum atomic E-state index is 13.4. The van der Waals surface area contributed by atoms with Crippen molar-refractivity contribution in [2.24, 2.45) is 0 Å². The zero-order chi connectivity index (χ0) is 22.5. The van der Waals surface area contributed by atoms with E-state index >= 15 is 0 Å². The molecule has 0 radical (unpaired) electrons. The SMILES string of the molecule is COc1cnc(-c2ccc(NC(=O)N(S)c3cccc(F)c3)cc2)nc1N1CCOCC1. The number of carbonyl (C=O) groups excluding carboxylic acids is 1. The van der Waals surface area contributed by atoms with Gasteiger partial charge in [0.25, 0.3) is 0 Å². The van der Waals surface area contributed by atoms with Gasteiger partial charge in [-0.3, -0.25) is 0 Å². The number of amides is 2. The molecule has 1 aliphatic rings. The summed E-state index contributed by atoms with van der Waals surface area (Å²) in [5.74, 6) is 1.42. The van der Waals surface area contributed by atoms with Crippen LogP contribution in [0.1, 0.15) is 0 Å². The monoisotopic (exact) mass is 455 g/mol. The molecule has 0 saturated carbocycles. The van der Waals surface area contributed by atoms with E-state index in [-0.39, 0.29) is 0 Å². The standard InChI is InChI=1S/C22H22FN5O3S/c1-30-19-14-24-20(26-21(19)27-9-11-31-12-10-27)15-5-7-17(8-6-15)25-22(29)28(32)18-4-2-3-16(23)13-18/h2-8,13-14,32H,9-12H2,1H3,(H,25,29). The Morgan fingerprint density at radius 3 is 2.66 bits per heavy atom. The van der Waals surface area contributed by atoms with E-state index in [4.69, 9.17) is 14.5 Å². The van der Waals surface area contributed by atoms with Crippen molar-refractivity contribution in [2.75, 3.05) is 47.9 Å². The third kappa shape index (κ3) is 4.92. The number of morpholine rings is 1. The summed E-state index contributed by atoms with van der Waals surface area (Å²) < 4.78 is 25.3. The molecule has 0 unspecified atom stereocenters. The minimum Gasteiger partial charge on any atom is -0.491 e. The molecular formula is C22H22FN5O3S. The molecule has 10 heteroatoms. The van der Waals surface area contributed by atoms with Crippen LogP contribution in [0.3, 0.4) is 0 Å². The van der Waals surface area contributed by atoms with Crippen LogP contribution in [0.2, 0.25) is 0 Å². The smallest absolute Gasteiger partial charge is 0.336 e. The molecule has 1 fully saturated rings. The number of rotatable bonds is 5. The van der Waals surface area contributed by atoms with Crippen LogP contribution >= 0.6 is 12.8 Å². The zero-order valence-corrected chi connectivity index (χ0v) is 18.3. The second-order valence-corrected chi connectivity index (χ2v) is 7.38. The average molecular weight is 456 g/mol. The molecule has 32 heavy (non-hydrogen) atoms. The van der Waals surface area contributed by atoms with Crippen LogP contribution < -0.4 is 19.3 Å².